The highest BCUT2D eigenvalue weighted by Gasteiger charge is 2.06. The zero-order chi connectivity index (χ0) is 10.8. The predicted molar refractivity (Wildman–Crippen MR) is 61.3 cm³/mol. The Morgan fingerprint density at radius 1 is 1.53 bits per heavy atom. The van der Waals surface area contributed by atoms with Crippen molar-refractivity contribution in [2.75, 3.05) is 5.73 Å². The number of aromatic nitrogens is 4. The van der Waals surface area contributed by atoms with E-state index in [0.29, 0.717) is 12.4 Å². The van der Waals surface area contributed by atoms with Gasteiger partial charge in [0.1, 0.15) is 5.82 Å². The van der Waals surface area contributed by atoms with E-state index in [1.807, 2.05) is 12.4 Å². The van der Waals surface area contributed by atoms with Crippen LogP contribution in [-0.4, -0.2) is 19.3 Å². The lowest BCUT2D eigenvalue weighted by Gasteiger charge is -2.04. The first-order valence-corrected chi connectivity index (χ1v) is 5.48. The molecule has 6 heteroatoms. The molecule has 0 aliphatic heterocycles. The standard InChI is InChI=1S/C9H12BrN5/c1-2-14-4-3-12-8(14)6-15-5-7(10)9(11)13-15/h3-5H,2,6H2,1H3,(H2,11,13). The van der Waals surface area contributed by atoms with E-state index < -0.39 is 0 Å². The Hall–Kier alpha value is -1.30. The highest BCUT2D eigenvalue weighted by atomic mass is 79.9. The van der Waals surface area contributed by atoms with Crippen LogP contribution in [0, 0.1) is 0 Å². The average Bonchev–Trinajstić information content (AvgIpc) is 2.75. The van der Waals surface area contributed by atoms with Crippen molar-refractivity contribution in [3.8, 4) is 0 Å². The van der Waals surface area contributed by atoms with Gasteiger partial charge in [-0.1, -0.05) is 0 Å². The number of aryl methyl sites for hydroxylation is 1. The number of anilines is 1. The Balaban J connectivity index is 2.21. The fraction of sp³-hybridized carbons (Fsp3) is 0.333. The van der Waals surface area contributed by atoms with E-state index in [2.05, 4.69) is 37.5 Å². The number of hydrogen-bond donors (Lipinski definition) is 1. The molecule has 0 radical (unpaired) electrons. The minimum Gasteiger partial charge on any atom is -0.381 e. The second-order valence-electron chi connectivity index (χ2n) is 3.19. The van der Waals surface area contributed by atoms with Gasteiger partial charge < -0.3 is 10.3 Å². The molecule has 2 aromatic rings. The van der Waals surface area contributed by atoms with Crippen molar-refractivity contribution in [3.05, 3.63) is 28.9 Å². The molecule has 0 aromatic carbocycles. The van der Waals surface area contributed by atoms with Gasteiger partial charge in [-0.25, -0.2) is 4.98 Å². The van der Waals surface area contributed by atoms with E-state index in [4.69, 9.17) is 5.73 Å². The van der Waals surface area contributed by atoms with Crippen LogP contribution < -0.4 is 5.73 Å². The molecular formula is C9H12BrN5. The highest BCUT2D eigenvalue weighted by Crippen LogP contribution is 2.16. The lowest BCUT2D eigenvalue weighted by molar-refractivity contribution is 0.608. The Labute approximate surface area is 96.0 Å². The first-order valence-electron chi connectivity index (χ1n) is 4.69. The Morgan fingerprint density at radius 2 is 2.33 bits per heavy atom. The first kappa shape index (κ1) is 10.2. The van der Waals surface area contributed by atoms with Crippen molar-refractivity contribution in [1.82, 2.24) is 19.3 Å². The van der Waals surface area contributed by atoms with Crippen LogP contribution in [0.5, 0.6) is 0 Å². The molecule has 2 rings (SSSR count). The summed E-state index contributed by atoms with van der Waals surface area (Å²) in [6, 6.07) is 0. The molecule has 80 valence electrons. The molecular weight excluding hydrogens is 258 g/mol. The lowest BCUT2D eigenvalue weighted by atomic mass is 10.5. The minimum atomic E-state index is 0.504. The van der Waals surface area contributed by atoms with Crippen molar-refractivity contribution >= 4 is 21.7 Å². The molecule has 0 bridgehead atoms. The maximum Gasteiger partial charge on any atom is 0.159 e. The molecule has 0 aliphatic rings. The molecule has 0 saturated heterocycles. The van der Waals surface area contributed by atoms with Crippen LogP contribution >= 0.6 is 15.9 Å². The molecule has 0 spiro atoms. The summed E-state index contributed by atoms with van der Waals surface area (Å²) in [5.74, 6) is 1.48. The van der Waals surface area contributed by atoms with Crippen molar-refractivity contribution in [1.29, 1.82) is 0 Å². The molecule has 15 heavy (non-hydrogen) atoms. The fourth-order valence-corrected chi connectivity index (χ4v) is 1.73. The van der Waals surface area contributed by atoms with Gasteiger partial charge in [-0.3, -0.25) is 4.68 Å². The lowest BCUT2D eigenvalue weighted by Crippen LogP contribution is -2.08. The molecule has 2 heterocycles. The van der Waals surface area contributed by atoms with Gasteiger partial charge in [-0.15, -0.1) is 0 Å². The van der Waals surface area contributed by atoms with Gasteiger partial charge in [0.25, 0.3) is 0 Å². The van der Waals surface area contributed by atoms with E-state index in [1.54, 1.807) is 10.9 Å². The number of rotatable bonds is 3. The van der Waals surface area contributed by atoms with E-state index in [-0.39, 0.29) is 0 Å². The zero-order valence-electron chi connectivity index (χ0n) is 8.39. The second kappa shape index (κ2) is 4.06. The number of nitrogens with two attached hydrogens (primary N) is 1. The normalized spacial score (nSPS) is 10.8. The van der Waals surface area contributed by atoms with Gasteiger partial charge in [-0.2, -0.15) is 5.10 Å². The van der Waals surface area contributed by atoms with Crippen LogP contribution in [0.25, 0.3) is 0 Å². The molecule has 0 unspecified atom stereocenters. The smallest absolute Gasteiger partial charge is 0.159 e. The van der Waals surface area contributed by atoms with Crippen molar-refractivity contribution in [2.24, 2.45) is 0 Å². The molecule has 0 saturated carbocycles. The Kier molecular flexibility index (Phi) is 2.77. The minimum absolute atomic E-state index is 0.504. The third-order valence-corrected chi connectivity index (χ3v) is 2.80. The van der Waals surface area contributed by atoms with Gasteiger partial charge in [0.2, 0.25) is 0 Å². The molecule has 0 fully saturated rings. The second-order valence-corrected chi connectivity index (χ2v) is 4.04. The molecule has 0 aliphatic carbocycles. The Bertz CT molecular complexity index is 439. The number of nitrogen functional groups attached to an aromatic ring is 1. The Morgan fingerprint density at radius 3 is 2.93 bits per heavy atom. The van der Waals surface area contributed by atoms with Gasteiger partial charge >= 0.3 is 0 Å². The highest BCUT2D eigenvalue weighted by molar-refractivity contribution is 9.10. The summed E-state index contributed by atoms with van der Waals surface area (Å²) in [5.41, 5.74) is 5.63. The third kappa shape index (κ3) is 2.04. The maximum absolute atomic E-state index is 5.63. The summed E-state index contributed by atoms with van der Waals surface area (Å²) in [6.45, 7) is 3.63. The van der Waals surface area contributed by atoms with Crippen LogP contribution in [0.2, 0.25) is 0 Å². The summed E-state index contributed by atoms with van der Waals surface area (Å²) in [7, 11) is 0. The average molecular weight is 270 g/mol. The number of imidazole rings is 1. The number of hydrogen-bond acceptors (Lipinski definition) is 3. The van der Waals surface area contributed by atoms with Crippen molar-refractivity contribution in [3.63, 3.8) is 0 Å². The van der Waals surface area contributed by atoms with Crippen LogP contribution in [0.15, 0.2) is 23.1 Å². The van der Waals surface area contributed by atoms with Gasteiger partial charge in [0, 0.05) is 25.1 Å². The van der Waals surface area contributed by atoms with Gasteiger partial charge in [-0.05, 0) is 22.9 Å². The molecule has 0 atom stereocenters. The van der Waals surface area contributed by atoms with E-state index >= 15 is 0 Å². The number of halogens is 1. The summed E-state index contributed by atoms with van der Waals surface area (Å²) in [4.78, 5) is 4.27. The van der Waals surface area contributed by atoms with Gasteiger partial charge in [0.15, 0.2) is 5.82 Å². The topological polar surface area (TPSA) is 61.7 Å². The quantitative estimate of drug-likeness (QED) is 0.919. The summed E-state index contributed by atoms with van der Waals surface area (Å²) >= 11 is 3.32. The molecule has 2 N–H and O–H groups in total. The van der Waals surface area contributed by atoms with Crippen LogP contribution in [0.1, 0.15) is 12.7 Å². The largest absolute Gasteiger partial charge is 0.381 e. The summed E-state index contributed by atoms with van der Waals surface area (Å²) < 4.78 is 4.66. The fourth-order valence-electron chi connectivity index (χ4n) is 1.42. The maximum atomic E-state index is 5.63. The number of nitrogens with zero attached hydrogens (tertiary/aromatic N) is 4. The van der Waals surface area contributed by atoms with E-state index in [1.165, 1.54) is 0 Å². The SMILES string of the molecule is CCn1ccnc1Cn1cc(Br)c(N)n1. The predicted octanol–water partition coefficient (Wildman–Crippen LogP) is 1.49. The third-order valence-electron chi connectivity index (χ3n) is 2.19. The zero-order valence-corrected chi connectivity index (χ0v) is 9.98. The van der Waals surface area contributed by atoms with Crippen LogP contribution in [0.3, 0.4) is 0 Å². The molecule has 5 nitrogen and oxygen atoms in total. The van der Waals surface area contributed by atoms with E-state index in [9.17, 15) is 0 Å². The van der Waals surface area contributed by atoms with Crippen LogP contribution in [-0.2, 0) is 13.1 Å². The first-order chi connectivity index (χ1) is 7.20. The van der Waals surface area contributed by atoms with E-state index in [0.717, 1.165) is 16.8 Å². The van der Waals surface area contributed by atoms with Gasteiger partial charge in [0.05, 0.1) is 11.0 Å². The van der Waals surface area contributed by atoms with Crippen molar-refractivity contribution in [2.45, 2.75) is 20.0 Å². The molecule has 2 aromatic heterocycles. The monoisotopic (exact) mass is 269 g/mol. The van der Waals surface area contributed by atoms with Crippen LogP contribution in [0.4, 0.5) is 5.82 Å². The van der Waals surface area contributed by atoms with Crippen molar-refractivity contribution < 1.29 is 0 Å². The molecule has 0 amide bonds. The summed E-state index contributed by atoms with van der Waals surface area (Å²) in [6.07, 6.45) is 5.60. The summed E-state index contributed by atoms with van der Waals surface area (Å²) in [5, 5.41) is 4.15.